The molecule has 0 aliphatic heterocycles. The van der Waals surface area contributed by atoms with Crippen LogP contribution in [-0.2, 0) is 4.79 Å². The molecule has 0 N–H and O–H groups in total. The third-order valence-electron chi connectivity index (χ3n) is 9.88. The Hall–Kier alpha value is -0.590. The lowest BCUT2D eigenvalue weighted by Gasteiger charge is -2.54. The zero-order chi connectivity index (χ0) is 20.1. The zero-order valence-electron chi connectivity index (χ0n) is 19.3. The van der Waals surface area contributed by atoms with Gasteiger partial charge in [0.2, 0.25) is 0 Å². The molecule has 158 valence electrons. The Morgan fingerprint density at radius 2 is 1.79 bits per heavy atom. The van der Waals surface area contributed by atoms with E-state index in [1.807, 2.05) is 0 Å². The molecule has 2 fully saturated rings. The molecule has 0 bridgehead atoms. The van der Waals surface area contributed by atoms with Crippen LogP contribution in [0.15, 0.2) is 11.1 Å². The fourth-order valence-electron chi connectivity index (χ4n) is 8.24. The standard InChI is InChI=1S/C27H44O/c1-18(2)9-8-10-19(3)23-17-24(28)25-21-13-12-20-11-6-7-15-26(20,4)22(21)14-16-27(23,25)5/h18-20,23,25H,6-17H2,1-5H3/t19-,20?,23-,25+,26+,27-/m1/s1. The van der Waals surface area contributed by atoms with Crippen LogP contribution < -0.4 is 0 Å². The molecule has 28 heavy (non-hydrogen) atoms. The van der Waals surface area contributed by atoms with Gasteiger partial charge < -0.3 is 0 Å². The Kier molecular flexibility index (Phi) is 5.60. The van der Waals surface area contributed by atoms with Crippen molar-refractivity contribution in [3.8, 4) is 0 Å². The molecule has 1 heteroatoms. The second kappa shape index (κ2) is 7.59. The SMILES string of the molecule is CC(C)CCC[C@@H](C)[C@H]1CC(=O)[C@@H]2C3=C(CC[C@@]21C)[C@@]1(C)CCCCC1CC3. The Bertz CT molecular complexity index is 643. The molecule has 0 amide bonds. The number of hydrogen-bond acceptors (Lipinski definition) is 1. The number of carbonyl (C=O) groups excluding carboxylic acids is 1. The molecule has 1 nitrogen and oxygen atoms in total. The van der Waals surface area contributed by atoms with Crippen molar-refractivity contribution in [3.63, 3.8) is 0 Å². The number of fused-ring (bicyclic) bond motifs is 4. The van der Waals surface area contributed by atoms with E-state index in [1.165, 1.54) is 70.6 Å². The maximum atomic E-state index is 13.4. The van der Waals surface area contributed by atoms with E-state index in [4.69, 9.17) is 0 Å². The van der Waals surface area contributed by atoms with Gasteiger partial charge >= 0.3 is 0 Å². The van der Waals surface area contributed by atoms with E-state index >= 15 is 0 Å². The van der Waals surface area contributed by atoms with Crippen molar-refractivity contribution in [2.45, 2.75) is 112 Å². The number of rotatable bonds is 5. The van der Waals surface area contributed by atoms with Gasteiger partial charge in [-0.05, 0) is 73.0 Å². The highest BCUT2D eigenvalue weighted by Gasteiger charge is 2.58. The second-order valence-electron chi connectivity index (χ2n) is 11.9. The van der Waals surface area contributed by atoms with Gasteiger partial charge in [-0.1, -0.05) is 77.9 Å². The zero-order valence-corrected chi connectivity index (χ0v) is 19.3. The van der Waals surface area contributed by atoms with Crippen molar-refractivity contribution in [3.05, 3.63) is 11.1 Å². The van der Waals surface area contributed by atoms with Gasteiger partial charge in [0.05, 0.1) is 0 Å². The summed E-state index contributed by atoms with van der Waals surface area (Å²) in [6, 6.07) is 0. The van der Waals surface area contributed by atoms with Crippen molar-refractivity contribution in [1.82, 2.24) is 0 Å². The van der Waals surface area contributed by atoms with Crippen LogP contribution in [0.5, 0.6) is 0 Å². The van der Waals surface area contributed by atoms with Gasteiger partial charge in [0.25, 0.3) is 0 Å². The van der Waals surface area contributed by atoms with Crippen molar-refractivity contribution in [2.24, 2.45) is 40.4 Å². The van der Waals surface area contributed by atoms with Crippen molar-refractivity contribution >= 4 is 5.78 Å². The molecule has 2 saturated carbocycles. The quantitative estimate of drug-likeness (QED) is 0.443. The van der Waals surface area contributed by atoms with Crippen LogP contribution in [-0.4, -0.2) is 5.78 Å². The molecule has 4 aliphatic carbocycles. The third-order valence-corrected chi connectivity index (χ3v) is 9.88. The Morgan fingerprint density at radius 1 is 1.00 bits per heavy atom. The molecule has 1 unspecified atom stereocenters. The molecule has 0 saturated heterocycles. The minimum atomic E-state index is 0.241. The van der Waals surface area contributed by atoms with Gasteiger partial charge in [-0.3, -0.25) is 4.79 Å². The monoisotopic (exact) mass is 384 g/mol. The summed E-state index contributed by atoms with van der Waals surface area (Å²) in [5.41, 5.74) is 4.09. The number of Topliss-reactive ketones (excluding diaryl/α,β-unsaturated/α-hetero) is 1. The fraction of sp³-hybridized carbons (Fsp3) is 0.889. The van der Waals surface area contributed by atoms with E-state index in [0.29, 0.717) is 23.0 Å². The van der Waals surface area contributed by atoms with Gasteiger partial charge in [-0.2, -0.15) is 0 Å². The van der Waals surface area contributed by atoms with E-state index in [1.54, 1.807) is 11.1 Å². The lowest BCUT2D eigenvalue weighted by atomic mass is 9.50. The minimum absolute atomic E-state index is 0.241. The highest BCUT2D eigenvalue weighted by atomic mass is 16.1. The molecule has 0 aromatic rings. The lowest BCUT2D eigenvalue weighted by Crippen LogP contribution is -2.44. The first kappa shape index (κ1) is 20.7. The summed E-state index contributed by atoms with van der Waals surface area (Å²) in [4.78, 5) is 13.4. The second-order valence-corrected chi connectivity index (χ2v) is 11.9. The predicted molar refractivity (Wildman–Crippen MR) is 118 cm³/mol. The van der Waals surface area contributed by atoms with E-state index in [-0.39, 0.29) is 11.3 Å². The number of ketones is 1. The van der Waals surface area contributed by atoms with Crippen LogP contribution in [0.25, 0.3) is 0 Å². The maximum absolute atomic E-state index is 13.4. The molecule has 4 rings (SSSR count). The van der Waals surface area contributed by atoms with Crippen LogP contribution in [0.3, 0.4) is 0 Å². The summed E-state index contributed by atoms with van der Waals surface area (Å²) in [5, 5.41) is 0. The van der Waals surface area contributed by atoms with Gasteiger partial charge in [0.1, 0.15) is 5.78 Å². The van der Waals surface area contributed by atoms with Crippen LogP contribution >= 0.6 is 0 Å². The van der Waals surface area contributed by atoms with Crippen LogP contribution in [0.2, 0.25) is 0 Å². The Balaban J connectivity index is 1.58. The molecular formula is C27H44O. The van der Waals surface area contributed by atoms with Crippen LogP contribution in [0.1, 0.15) is 112 Å². The average Bonchev–Trinajstić information content (AvgIpc) is 2.92. The fourth-order valence-corrected chi connectivity index (χ4v) is 8.24. The Labute approximate surface area is 174 Å². The number of carbonyl (C=O) groups is 1. The molecule has 0 radical (unpaired) electrons. The van der Waals surface area contributed by atoms with Gasteiger partial charge in [-0.15, -0.1) is 0 Å². The molecule has 0 aromatic carbocycles. The summed E-state index contributed by atoms with van der Waals surface area (Å²) >= 11 is 0. The molecule has 0 aromatic heterocycles. The first-order valence-electron chi connectivity index (χ1n) is 12.5. The average molecular weight is 385 g/mol. The first-order valence-corrected chi connectivity index (χ1v) is 12.5. The van der Waals surface area contributed by atoms with E-state index in [2.05, 4.69) is 34.6 Å². The van der Waals surface area contributed by atoms with Crippen molar-refractivity contribution in [2.75, 3.05) is 0 Å². The Morgan fingerprint density at radius 3 is 2.54 bits per heavy atom. The van der Waals surface area contributed by atoms with Crippen molar-refractivity contribution in [1.29, 1.82) is 0 Å². The predicted octanol–water partition coefficient (Wildman–Crippen LogP) is 7.74. The van der Waals surface area contributed by atoms with Crippen molar-refractivity contribution < 1.29 is 4.79 Å². The molecule has 0 spiro atoms. The molecular weight excluding hydrogens is 340 g/mol. The van der Waals surface area contributed by atoms with Gasteiger partial charge in [-0.25, -0.2) is 0 Å². The summed E-state index contributed by atoms with van der Waals surface area (Å²) in [6.45, 7) is 12.2. The number of hydrogen-bond donors (Lipinski definition) is 0. The van der Waals surface area contributed by atoms with Crippen LogP contribution in [0.4, 0.5) is 0 Å². The molecule has 4 aliphatic rings. The molecule has 6 atom stereocenters. The normalized spacial score (nSPS) is 41.6. The summed E-state index contributed by atoms with van der Waals surface area (Å²) in [7, 11) is 0. The number of allylic oxidation sites excluding steroid dienone is 2. The van der Waals surface area contributed by atoms with E-state index in [9.17, 15) is 4.79 Å². The smallest absolute Gasteiger partial charge is 0.140 e. The highest BCUT2D eigenvalue weighted by Crippen LogP contribution is 2.65. The summed E-state index contributed by atoms with van der Waals surface area (Å²) in [5.74, 6) is 3.88. The third kappa shape index (κ3) is 3.24. The van der Waals surface area contributed by atoms with E-state index in [0.717, 1.165) is 18.3 Å². The summed E-state index contributed by atoms with van der Waals surface area (Å²) in [6.07, 6.45) is 15.6. The lowest BCUT2D eigenvalue weighted by molar-refractivity contribution is -0.121. The molecule has 0 heterocycles. The highest BCUT2D eigenvalue weighted by molar-refractivity contribution is 5.88. The van der Waals surface area contributed by atoms with Gasteiger partial charge in [0.15, 0.2) is 0 Å². The first-order chi connectivity index (χ1) is 13.3. The van der Waals surface area contributed by atoms with Crippen LogP contribution in [0, 0.1) is 40.4 Å². The largest absolute Gasteiger partial charge is 0.299 e. The topological polar surface area (TPSA) is 17.1 Å². The summed E-state index contributed by atoms with van der Waals surface area (Å²) < 4.78 is 0. The van der Waals surface area contributed by atoms with Gasteiger partial charge in [0, 0.05) is 12.3 Å². The maximum Gasteiger partial charge on any atom is 0.140 e. The minimum Gasteiger partial charge on any atom is -0.299 e. The van der Waals surface area contributed by atoms with E-state index < -0.39 is 0 Å².